The van der Waals surface area contributed by atoms with E-state index in [4.69, 9.17) is 4.74 Å². The van der Waals surface area contributed by atoms with E-state index in [2.05, 4.69) is 47.2 Å². The van der Waals surface area contributed by atoms with Gasteiger partial charge in [0.25, 0.3) is 0 Å². The molecule has 2 aromatic rings. The molecular formula is C23H31N3O2. The molecule has 5 nitrogen and oxygen atoms in total. The van der Waals surface area contributed by atoms with Crippen LogP contribution in [0.3, 0.4) is 0 Å². The number of benzene rings is 1. The number of carbonyl (C=O) groups is 1. The van der Waals surface area contributed by atoms with Crippen molar-refractivity contribution in [1.29, 1.82) is 0 Å². The van der Waals surface area contributed by atoms with Gasteiger partial charge in [0.05, 0.1) is 12.5 Å². The summed E-state index contributed by atoms with van der Waals surface area (Å²) in [6.45, 7) is 9.42. The Balaban J connectivity index is 1.59. The molecule has 1 aliphatic rings. The number of aromatic nitrogens is 1. The average molecular weight is 382 g/mol. The molecule has 3 rings (SSSR count). The molecule has 0 saturated carbocycles. The zero-order chi connectivity index (χ0) is 19.9. The van der Waals surface area contributed by atoms with Gasteiger partial charge < -0.3 is 10.1 Å². The van der Waals surface area contributed by atoms with E-state index in [9.17, 15) is 4.79 Å². The lowest BCUT2D eigenvalue weighted by Crippen LogP contribution is -2.40. The van der Waals surface area contributed by atoms with E-state index in [-0.39, 0.29) is 11.8 Å². The van der Waals surface area contributed by atoms with Gasteiger partial charge in [0.15, 0.2) is 0 Å². The summed E-state index contributed by atoms with van der Waals surface area (Å²) in [5.41, 5.74) is 3.23. The number of amides is 1. The number of carbonyl (C=O) groups excluding carboxylic acids is 1. The van der Waals surface area contributed by atoms with Crippen molar-refractivity contribution < 1.29 is 9.53 Å². The van der Waals surface area contributed by atoms with Crippen molar-refractivity contribution in [2.24, 2.45) is 5.92 Å². The Morgan fingerprint density at radius 1 is 1.29 bits per heavy atom. The van der Waals surface area contributed by atoms with Crippen LogP contribution >= 0.6 is 0 Å². The topological polar surface area (TPSA) is 54.5 Å². The maximum atomic E-state index is 12.8. The third-order valence-electron chi connectivity index (χ3n) is 5.25. The Kier molecular flexibility index (Phi) is 7.04. The molecule has 5 heteroatoms. The van der Waals surface area contributed by atoms with Gasteiger partial charge in [-0.15, -0.1) is 0 Å². The largest absolute Gasteiger partial charge is 0.478 e. The third-order valence-corrected chi connectivity index (χ3v) is 5.25. The second-order valence-corrected chi connectivity index (χ2v) is 7.74. The van der Waals surface area contributed by atoms with Crippen LogP contribution in [0, 0.1) is 5.92 Å². The highest BCUT2D eigenvalue weighted by Crippen LogP contribution is 2.24. The molecule has 1 N–H and O–H groups in total. The summed E-state index contributed by atoms with van der Waals surface area (Å²) in [6.07, 6.45) is 3.71. The number of rotatable bonds is 7. The fraction of sp³-hybridized carbons (Fsp3) is 0.478. The van der Waals surface area contributed by atoms with Gasteiger partial charge in [0.1, 0.15) is 0 Å². The summed E-state index contributed by atoms with van der Waals surface area (Å²) in [5.74, 6) is 1.30. The number of nitrogens with zero attached hydrogens (tertiary/aromatic N) is 2. The fourth-order valence-electron chi connectivity index (χ4n) is 3.66. The molecular weight excluding hydrogens is 350 g/mol. The monoisotopic (exact) mass is 381 g/mol. The standard InChI is InChI=1S/C23H31N3O2/c1-4-28-23-20(7-5-13-24-23)16-26-14-6-8-19(15-26)22(27)25-21-11-9-18(10-12-21)17(2)3/h5,7,9-13,17,19H,4,6,8,14-16H2,1-3H3,(H,25,27). The van der Waals surface area contributed by atoms with E-state index in [0.29, 0.717) is 18.4 Å². The van der Waals surface area contributed by atoms with Crippen molar-refractivity contribution in [3.8, 4) is 5.88 Å². The highest BCUT2D eigenvalue weighted by atomic mass is 16.5. The minimum Gasteiger partial charge on any atom is -0.478 e. The number of hydrogen-bond acceptors (Lipinski definition) is 4. The van der Waals surface area contributed by atoms with Crippen molar-refractivity contribution in [2.45, 2.75) is 46.1 Å². The van der Waals surface area contributed by atoms with Crippen LogP contribution in [-0.4, -0.2) is 35.5 Å². The SMILES string of the molecule is CCOc1ncccc1CN1CCCC(C(=O)Nc2ccc(C(C)C)cc2)C1. The van der Waals surface area contributed by atoms with Crippen molar-refractivity contribution >= 4 is 11.6 Å². The summed E-state index contributed by atoms with van der Waals surface area (Å²) in [4.78, 5) is 19.4. The Morgan fingerprint density at radius 3 is 2.79 bits per heavy atom. The van der Waals surface area contributed by atoms with E-state index >= 15 is 0 Å². The van der Waals surface area contributed by atoms with E-state index in [0.717, 1.165) is 43.7 Å². The molecule has 1 aromatic heterocycles. The molecule has 1 aliphatic heterocycles. The van der Waals surface area contributed by atoms with E-state index in [1.807, 2.05) is 25.1 Å². The molecule has 0 radical (unpaired) electrons. The second kappa shape index (κ2) is 9.69. The Labute approximate surface area is 168 Å². The Morgan fingerprint density at radius 2 is 2.07 bits per heavy atom. The van der Waals surface area contributed by atoms with Crippen molar-refractivity contribution in [1.82, 2.24) is 9.88 Å². The zero-order valence-electron chi connectivity index (χ0n) is 17.1. The maximum Gasteiger partial charge on any atom is 0.228 e. The van der Waals surface area contributed by atoms with Gasteiger partial charge in [-0.2, -0.15) is 0 Å². The molecule has 0 bridgehead atoms. The van der Waals surface area contributed by atoms with Gasteiger partial charge in [-0.25, -0.2) is 4.98 Å². The number of likely N-dealkylation sites (tertiary alicyclic amines) is 1. The number of piperidine rings is 1. The molecule has 0 aliphatic carbocycles. The minimum atomic E-state index is 0.00532. The number of anilines is 1. The predicted octanol–water partition coefficient (Wildman–Crippen LogP) is 4.45. The molecule has 28 heavy (non-hydrogen) atoms. The molecule has 1 amide bonds. The number of nitrogens with one attached hydrogen (secondary N) is 1. The van der Waals surface area contributed by atoms with Crippen molar-refractivity contribution in [3.05, 3.63) is 53.7 Å². The number of hydrogen-bond donors (Lipinski definition) is 1. The van der Waals surface area contributed by atoms with E-state index in [1.165, 1.54) is 5.56 Å². The molecule has 1 aromatic carbocycles. The van der Waals surface area contributed by atoms with Crippen LogP contribution in [-0.2, 0) is 11.3 Å². The number of ether oxygens (including phenoxy) is 1. The first-order chi connectivity index (χ1) is 13.6. The van der Waals surface area contributed by atoms with Crippen LogP contribution in [0.25, 0.3) is 0 Å². The summed E-state index contributed by atoms with van der Waals surface area (Å²) in [7, 11) is 0. The summed E-state index contributed by atoms with van der Waals surface area (Å²) >= 11 is 0. The van der Waals surface area contributed by atoms with Gasteiger partial charge in [-0.1, -0.05) is 32.0 Å². The predicted molar refractivity (Wildman–Crippen MR) is 113 cm³/mol. The first-order valence-electron chi connectivity index (χ1n) is 10.3. The fourth-order valence-corrected chi connectivity index (χ4v) is 3.66. The highest BCUT2D eigenvalue weighted by Gasteiger charge is 2.26. The smallest absolute Gasteiger partial charge is 0.228 e. The lowest BCUT2D eigenvalue weighted by atomic mass is 9.96. The van der Waals surface area contributed by atoms with Gasteiger partial charge in [0, 0.05) is 30.5 Å². The minimum absolute atomic E-state index is 0.00532. The molecule has 2 heterocycles. The quantitative estimate of drug-likeness (QED) is 0.770. The lowest BCUT2D eigenvalue weighted by Gasteiger charge is -2.32. The van der Waals surface area contributed by atoms with Gasteiger partial charge in [-0.3, -0.25) is 9.69 Å². The van der Waals surface area contributed by atoms with Crippen molar-refractivity contribution in [2.75, 3.05) is 25.0 Å². The first-order valence-corrected chi connectivity index (χ1v) is 10.3. The number of pyridine rings is 1. The van der Waals surface area contributed by atoms with Crippen molar-refractivity contribution in [3.63, 3.8) is 0 Å². The molecule has 1 fully saturated rings. The molecule has 0 spiro atoms. The van der Waals surface area contributed by atoms with Gasteiger partial charge in [-0.05, 0) is 56.0 Å². The van der Waals surface area contributed by atoms with Gasteiger partial charge >= 0.3 is 0 Å². The second-order valence-electron chi connectivity index (χ2n) is 7.74. The summed E-state index contributed by atoms with van der Waals surface area (Å²) in [5, 5.41) is 3.09. The van der Waals surface area contributed by atoms with E-state index < -0.39 is 0 Å². The summed E-state index contributed by atoms with van der Waals surface area (Å²) in [6, 6.07) is 12.2. The normalized spacial score (nSPS) is 17.5. The molecule has 150 valence electrons. The molecule has 1 atom stereocenters. The lowest BCUT2D eigenvalue weighted by molar-refractivity contribution is -0.121. The van der Waals surface area contributed by atoms with Crippen LogP contribution in [0.5, 0.6) is 5.88 Å². The van der Waals surface area contributed by atoms with Gasteiger partial charge in [0.2, 0.25) is 11.8 Å². The van der Waals surface area contributed by atoms with Crippen LogP contribution in [0.1, 0.15) is 50.7 Å². The summed E-state index contributed by atoms with van der Waals surface area (Å²) < 4.78 is 5.64. The van der Waals surface area contributed by atoms with Crippen LogP contribution in [0.15, 0.2) is 42.6 Å². The third kappa shape index (κ3) is 5.32. The molecule has 1 saturated heterocycles. The molecule has 1 unspecified atom stereocenters. The Bertz CT molecular complexity index is 774. The zero-order valence-corrected chi connectivity index (χ0v) is 17.1. The maximum absolute atomic E-state index is 12.8. The Hall–Kier alpha value is -2.40. The van der Waals surface area contributed by atoms with Crippen LogP contribution < -0.4 is 10.1 Å². The van der Waals surface area contributed by atoms with E-state index in [1.54, 1.807) is 6.20 Å². The van der Waals surface area contributed by atoms with Crippen LogP contribution in [0.2, 0.25) is 0 Å². The van der Waals surface area contributed by atoms with Crippen LogP contribution in [0.4, 0.5) is 5.69 Å². The first kappa shape index (κ1) is 20.3. The highest BCUT2D eigenvalue weighted by molar-refractivity contribution is 5.92. The average Bonchev–Trinajstić information content (AvgIpc) is 2.70.